The summed E-state index contributed by atoms with van der Waals surface area (Å²) in [5, 5.41) is 5.81. The number of benzene rings is 2. The Hall–Kier alpha value is -2.92. The summed E-state index contributed by atoms with van der Waals surface area (Å²) in [6, 6.07) is 19.6. The fraction of sp³-hybridized carbons (Fsp3) is 0.333. The summed E-state index contributed by atoms with van der Waals surface area (Å²) < 4.78 is 0. The number of carbonyl (C=O) groups excluding carboxylic acids is 2. The third kappa shape index (κ3) is 6.88. The van der Waals surface area contributed by atoms with Crippen molar-refractivity contribution in [1.82, 2.24) is 15.5 Å². The molecule has 3 rings (SSSR count). The summed E-state index contributed by atoms with van der Waals surface area (Å²) in [5.41, 5.74) is 2.26. The van der Waals surface area contributed by atoms with Crippen molar-refractivity contribution in [1.29, 1.82) is 0 Å². The van der Waals surface area contributed by atoms with Crippen molar-refractivity contribution in [3.63, 3.8) is 0 Å². The molecule has 0 saturated carbocycles. The number of nitrogens with one attached hydrogen (secondary N) is 2. The second kappa shape index (κ2) is 10.6. The number of nitrogens with zero attached hydrogens (tertiary/aromatic N) is 1. The molecule has 1 aliphatic heterocycles. The SMILES string of the molecule is C[C@H](NC(=O)/C=C\c1ccccc1)C(=O)NC1CCN(Cc2ccccc2)CC1. The van der Waals surface area contributed by atoms with Gasteiger partial charge in [-0.1, -0.05) is 60.7 Å². The van der Waals surface area contributed by atoms with E-state index >= 15 is 0 Å². The van der Waals surface area contributed by atoms with E-state index in [0.717, 1.165) is 38.0 Å². The molecule has 0 aliphatic carbocycles. The molecular weight excluding hydrogens is 362 g/mol. The summed E-state index contributed by atoms with van der Waals surface area (Å²) in [6.45, 7) is 4.58. The lowest BCUT2D eigenvalue weighted by molar-refractivity contribution is -0.127. The van der Waals surface area contributed by atoms with Crippen LogP contribution in [0.5, 0.6) is 0 Å². The molecule has 1 saturated heterocycles. The fourth-order valence-electron chi connectivity index (χ4n) is 3.47. The summed E-state index contributed by atoms with van der Waals surface area (Å²) in [5.74, 6) is -0.401. The zero-order chi connectivity index (χ0) is 20.5. The van der Waals surface area contributed by atoms with Gasteiger partial charge in [-0.25, -0.2) is 0 Å². The highest BCUT2D eigenvalue weighted by atomic mass is 16.2. The molecule has 5 heteroatoms. The molecule has 5 nitrogen and oxygen atoms in total. The number of hydrogen-bond acceptors (Lipinski definition) is 3. The van der Waals surface area contributed by atoms with Gasteiger partial charge in [0.1, 0.15) is 6.04 Å². The largest absolute Gasteiger partial charge is 0.351 e. The summed E-state index contributed by atoms with van der Waals surface area (Å²) in [6.07, 6.45) is 5.05. The molecule has 0 unspecified atom stereocenters. The van der Waals surface area contributed by atoms with Crippen LogP contribution in [0.3, 0.4) is 0 Å². The number of piperidine rings is 1. The van der Waals surface area contributed by atoms with E-state index in [1.165, 1.54) is 11.6 Å². The first-order chi connectivity index (χ1) is 14.1. The van der Waals surface area contributed by atoms with Crippen molar-refractivity contribution >= 4 is 17.9 Å². The minimum atomic E-state index is -0.565. The van der Waals surface area contributed by atoms with Crippen LogP contribution in [0.25, 0.3) is 6.08 Å². The van der Waals surface area contributed by atoms with Crippen molar-refractivity contribution < 1.29 is 9.59 Å². The maximum atomic E-state index is 12.4. The van der Waals surface area contributed by atoms with E-state index in [4.69, 9.17) is 0 Å². The molecular formula is C24H29N3O2. The van der Waals surface area contributed by atoms with Crippen molar-refractivity contribution in [2.24, 2.45) is 0 Å². The Balaban J connectivity index is 1.38. The molecule has 2 amide bonds. The third-order valence-corrected chi connectivity index (χ3v) is 5.16. The zero-order valence-corrected chi connectivity index (χ0v) is 16.9. The monoisotopic (exact) mass is 391 g/mol. The van der Waals surface area contributed by atoms with Gasteiger partial charge in [0.25, 0.3) is 0 Å². The van der Waals surface area contributed by atoms with Crippen molar-refractivity contribution in [2.75, 3.05) is 13.1 Å². The Labute approximate surface area is 172 Å². The highest BCUT2D eigenvalue weighted by Crippen LogP contribution is 2.14. The summed E-state index contributed by atoms with van der Waals surface area (Å²) >= 11 is 0. The molecule has 29 heavy (non-hydrogen) atoms. The van der Waals surface area contributed by atoms with E-state index in [1.54, 1.807) is 13.0 Å². The van der Waals surface area contributed by atoms with Gasteiger partial charge in [0.05, 0.1) is 0 Å². The van der Waals surface area contributed by atoms with Gasteiger partial charge >= 0.3 is 0 Å². The quantitative estimate of drug-likeness (QED) is 0.714. The average Bonchev–Trinajstić information content (AvgIpc) is 2.75. The average molecular weight is 392 g/mol. The number of amides is 2. The minimum absolute atomic E-state index is 0.132. The molecule has 2 N–H and O–H groups in total. The van der Waals surface area contributed by atoms with Crippen LogP contribution in [-0.4, -0.2) is 41.9 Å². The van der Waals surface area contributed by atoms with Gasteiger partial charge in [0, 0.05) is 31.8 Å². The van der Waals surface area contributed by atoms with Crippen LogP contribution >= 0.6 is 0 Å². The Morgan fingerprint density at radius 2 is 1.66 bits per heavy atom. The van der Waals surface area contributed by atoms with E-state index in [2.05, 4.69) is 39.8 Å². The molecule has 0 aromatic heterocycles. The second-order valence-electron chi connectivity index (χ2n) is 7.52. The number of hydrogen-bond donors (Lipinski definition) is 2. The van der Waals surface area contributed by atoms with Gasteiger partial charge in [0.15, 0.2) is 0 Å². The number of likely N-dealkylation sites (tertiary alicyclic amines) is 1. The maximum absolute atomic E-state index is 12.4. The van der Waals surface area contributed by atoms with Crippen LogP contribution in [0.4, 0.5) is 0 Å². The lowest BCUT2D eigenvalue weighted by atomic mass is 10.0. The highest BCUT2D eigenvalue weighted by Gasteiger charge is 2.23. The Morgan fingerprint density at radius 1 is 1.03 bits per heavy atom. The Kier molecular flexibility index (Phi) is 7.59. The lowest BCUT2D eigenvalue weighted by Gasteiger charge is -2.32. The Bertz CT molecular complexity index is 813. The van der Waals surface area contributed by atoms with Gasteiger partial charge < -0.3 is 10.6 Å². The molecule has 2 aromatic carbocycles. The second-order valence-corrected chi connectivity index (χ2v) is 7.52. The van der Waals surface area contributed by atoms with E-state index in [0.29, 0.717) is 0 Å². The molecule has 1 fully saturated rings. The van der Waals surface area contributed by atoms with E-state index < -0.39 is 6.04 Å². The fourth-order valence-corrected chi connectivity index (χ4v) is 3.47. The van der Waals surface area contributed by atoms with Crippen molar-refractivity contribution in [3.05, 3.63) is 77.9 Å². The molecule has 1 atom stereocenters. The van der Waals surface area contributed by atoms with Crippen molar-refractivity contribution in [2.45, 2.75) is 38.4 Å². The van der Waals surface area contributed by atoms with Gasteiger partial charge in [-0.3, -0.25) is 14.5 Å². The van der Waals surface area contributed by atoms with Crippen LogP contribution in [-0.2, 0) is 16.1 Å². The van der Waals surface area contributed by atoms with Gasteiger partial charge in [-0.15, -0.1) is 0 Å². The molecule has 0 spiro atoms. The van der Waals surface area contributed by atoms with Crippen LogP contribution in [0.15, 0.2) is 66.7 Å². The van der Waals surface area contributed by atoms with Crippen LogP contribution in [0, 0.1) is 0 Å². The molecule has 0 bridgehead atoms. The Morgan fingerprint density at radius 3 is 2.31 bits per heavy atom. The van der Waals surface area contributed by atoms with E-state index in [-0.39, 0.29) is 17.9 Å². The topological polar surface area (TPSA) is 61.4 Å². The van der Waals surface area contributed by atoms with Gasteiger partial charge in [-0.05, 0) is 37.0 Å². The molecule has 0 radical (unpaired) electrons. The standard InChI is InChI=1S/C24H29N3O2/c1-19(25-23(28)13-12-20-8-4-2-5-9-20)24(29)26-22-14-16-27(17-15-22)18-21-10-6-3-7-11-21/h2-13,19,22H,14-18H2,1H3,(H,25,28)(H,26,29)/b13-12-/t19-/m0/s1. The first-order valence-corrected chi connectivity index (χ1v) is 10.2. The van der Waals surface area contributed by atoms with E-state index in [1.807, 2.05) is 36.4 Å². The normalized spacial score (nSPS) is 16.4. The summed E-state index contributed by atoms with van der Waals surface area (Å²) in [7, 11) is 0. The number of rotatable bonds is 7. The van der Waals surface area contributed by atoms with Crippen LogP contribution in [0.2, 0.25) is 0 Å². The van der Waals surface area contributed by atoms with Gasteiger partial charge in [-0.2, -0.15) is 0 Å². The highest BCUT2D eigenvalue weighted by molar-refractivity contribution is 5.95. The predicted octanol–water partition coefficient (Wildman–Crippen LogP) is 2.99. The van der Waals surface area contributed by atoms with Crippen LogP contribution in [0.1, 0.15) is 30.9 Å². The number of carbonyl (C=O) groups is 2. The predicted molar refractivity (Wildman–Crippen MR) is 116 cm³/mol. The van der Waals surface area contributed by atoms with Crippen LogP contribution < -0.4 is 10.6 Å². The first-order valence-electron chi connectivity index (χ1n) is 10.2. The molecule has 1 aliphatic rings. The lowest BCUT2D eigenvalue weighted by Crippen LogP contribution is -2.50. The zero-order valence-electron chi connectivity index (χ0n) is 16.9. The van der Waals surface area contributed by atoms with E-state index in [9.17, 15) is 9.59 Å². The van der Waals surface area contributed by atoms with Crippen molar-refractivity contribution in [3.8, 4) is 0 Å². The summed E-state index contributed by atoms with van der Waals surface area (Å²) in [4.78, 5) is 26.9. The minimum Gasteiger partial charge on any atom is -0.351 e. The molecule has 2 aromatic rings. The maximum Gasteiger partial charge on any atom is 0.244 e. The van der Waals surface area contributed by atoms with Gasteiger partial charge in [0.2, 0.25) is 11.8 Å². The first kappa shape index (κ1) is 20.8. The smallest absolute Gasteiger partial charge is 0.244 e. The third-order valence-electron chi connectivity index (χ3n) is 5.16. The molecule has 152 valence electrons. The molecule has 1 heterocycles.